The first kappa shape index (κ1) is 19.9. The summed E-state index contributed by atoms with van der Waals surface area (Å²) in [4.78, 5) is 37.9. The molecule has 7 rings (SSSR count). The molecule has 8 heteroatoms. The number of fused-ring (bicyclic) bond motifs is 1. The highest BCUT2D eigenvalue weighted by Crippen LogP contribution is 2.62. The average molecular weight is 438 g/mol. The molecular formula is C23H28F2O6. The smallest absolute Gasteiger partial charge is 0.377 e. The van der Waals surface area contributed by atoms with Gasteiger partial charge in [-0.15, -0.1) is 0 Å². The molecular weight excluding hydrogens is 410 g/mol. The molecule has 1 aliphatic heterocycles. The third-order valence-corrected chi connectivity index (χ3v) is 9.47. The maximum atomic E-state index is 13.5. The van der Waals surface area contributed by atoms with Crippen LogP contribution in [-0.2, 0) is 28.6 Å². The van der Waals surface area contributed by atoms with E-state index in [1.54, 1.807) is 0 Å². The van der Waals surface area contributed by atoms with E-state index in [-0.39, 0.29) is 11.8 Å². The average Bonchev–Trinajstić information content (AvgIpc) is 3.28. The number of halogens is 2. The summed E-state index contributed by atoms with van der Waals surface area (Å²) in [5.41, 5.74) is -0.488. The number of hydrogen-bond donors (Lipinski definition) is 0. The number of esters is 3. The van der Waals surface area contributed by atoms with Crippen LogP contribution in [0.2, 0.25) is 0 Å². The van der Waals surface area contributed by atoms with Gasteiger partial charge in [0.2, 0.25) is 0 Å². The van der Waals surface area contributed by atoms with E-state index in [9.17, 15) is 23.2 Å². The molecule has 7 fully saturated rings. The number of alkyl halides is 2. The predicted molar refractivity (Wildman–Crippen MR) is 101 cm³/mol. The molecule has 1 saturated heterocycles. The molecule has 0 N–H and O–H groups in total. The Morgan fingerprint density at radius 1 is 1.10 bits per heavy atom. The van der Waals surface area contributed by atoms with Crippen molar-refractivity contribution >= 4 is 17.9 Å². The second kappa shape index (κ2) is 6.19. The topological polar surface area (TPSA) is 78.9 Å². The Morgan fingerprint density at radius 3 is 2.42 bits per heavy atom. The second-order valence-corrected chi connectivity index (χ2v) is 11.2. The van der Waals surface area contributed by atoms with Gasteiger partial charge in [-0.1, -0.05) is 6.92 Å². The van der Waals surface area contributed by atoms with E-state index in [1.807, 2.05) is 0 Å². The Kier molecular flexibility index (Phi) is 3.98. The number of carbonyl (C=O) groups is 3. The third-order valence-electron chi connectivity index (χ3n) is 9.47. The fourth-order valence-electron chi connectivity index (χ4n) is 8.36. The van der Waals surface area contributed by atoms with Gasteiger partial charge in [0.05, 0.1) is 11.8 Å². The largest absolute Gasteiger partial charge is 0.459 e. The molecule has 6 saturated carbocycles. The molecule has 6 aliphatic carbocycles. The summed E-state index contributed by atoms with van der Waals surface area (Å²) in [6.45, 7) is 2.65. The van der Waals surface area contributed by atoms with Crippen LogP contribution in [0.25, 0.3) is 0 Å². The van der Waals surface area contributed by atoms with Crippen molar-refractivity contribution in [2.24, 2.45) is 47.3 Å². The zero-order chi connectivity index (χ0) is 21.9. The van der Waals surface area contributed by atoms with Crippen molar-refractivity contribution in [3.8, 4) is 0 Å². The number of hydrogen-bond acceptors (Lipinski definition) is 6. The van der Waals surface area contributed by atoms with Crippen LogP contribution in [0.5, 0.6) is 0 Å². The molecule has 0 aromatic carbocycles. The van der Waals surface area contributed by atoms with Crippen LogP contribution in [0, 0.1) is 47.3 Å². The van der Waals surface area contributed by atoms with Crippen molar-refractivity contribution in [2.45, 2.75) is 76.1 Å². The Bertz CT molecular complexity index is 837. The van der Waals surface area contributed by atoms with Gasteiger partial charge < -0.3 is 14.2 Å². The summed E-state index contributed by atoms with van der Waals surface area (Å²) in [6.07, 6.45) is 4.03. The van der Waals surface area contributed by atoms with Crippen molar-refractivity contribution < 1.29 is 37.4 Å². The van der Waals surface area contributed by atoms with Crippen LogP contribution in [0.1, 0.15) is 52.4 Å². The first-order valence-electron chi connectivity index (χ1n) is 11.6. The van der Waals surface area contributed by atoms with E-state index in [2.05, 4.69) is 6.92 Å². The summed E-state index contributed by atoms with van der Waals surface area (Å²) in [5, 5.41) is 0. The lowest BCUT2D eigenvalue weighted by atomic mass is 9.50. The lowest BCUT2D eigenvalue weighted by molar-refractivity contribution is -0.214. The minimum absolute atomic E-state index is 0.276. The monoisotopic (exact) mass is 438 g/mol. The van der Waals surface area contributed by atoms with E-state index in [0.29, 0.717) is 31.1 Å². The highest BCUT2D eigenvalue weighted by Gasteiger charge is 2.71. The van der Waals surface area contributed by atoms with Gasteiger partial charge in [0.1, 0.15) is 17.8 Å². The minimum atomic E-state index is -3.64. The first-order valence-corrected chi connectivity index (χ1v) is 11.6. The Labute approximate surface area is 179 Å². The summed E-state index contributed by atoms with van der Waals surface area (Å²) in [6, 6.07) is 0. The van der Waals surface area contributed by atoms with Crippen LogP contribution < -0.4 is 0 Å². The van der Waals surface area contributed by atoms with Crippen molar-refractivity contribution in [1.82, 2.24) is 0 Å². The maximum absolute atomic E-state index is 13.5. The van der Waals surface area contributed by atoms with Gasteiger partial charge in [-0.2, -0.15) is 8.78 Å². The molecule has 9 unspecified atom stereocenters. The SMILES string of the molecule is CC1C2CC3CC(C2)CC1(OC(=O)C1C2CC4C(OC(=O)C41)C2OC(=O)C(C)(F)F)C3. The summed E-state index contributed by atoms with van der Waals surface area (Å²) in [7, 11) is 0. The lowest BCUT2D eigenvalue weighted by Gasteiger charge is -2.59. The van der Waals surface area contributed by atoms with Crippen LogP contribution >= 0.6 is 0 Å². The molecule has 7 aliphatic rings. The molecule has 0 spiro atoms. The van der Waals surface area contributed by atoms with Gasteiger partial charge in [-0.25, -0.2) is 4.79 Å². The fourth-order valence-corrected chi connectivity index (χ4v) is 8.36. The fraction of sp³-hybridized carbons (Fsp3) is 0.870. The van der Waals surface area contributed by atoms with Gasteiger partial charge in [-0.05, 0) is 62.2 Å². The quantitative estimate of drug-likeness (QED) is 0.496. The molecule has 31 heavy (non-hydrogen) atoms. The van der Waals surface area contributed by atoms with Gasteiger partial charge in [0.15, 0.2) is 0 Å². The lowest BCUT2D eigenvalue weighted by Crippen LogP contribution is -2.59. The first-order chi connectivity index (χ1) is 14.6. The Hall–Kier alpha value is -1.73. The van der Waals surface area contributed by atoms with Crippen LogP contribution in [0.15, 0.2) is 0 Å². The highest BCUT2D eigenvalue weighted by molar-refractivity contribution is 5.86. The third kappa shape index (κ3) is 2.68. The van der Waals surface area contributed by atoms with Crippen molar-refractivity contribution in [3.05, 3.63) is 0 Å². The molecule has 0 aromatic rings. The highest BCUT2D eigenvalue weighted by atomic mass is 19.3. The maximum Gasteiger partial charge on any atom is 0.377 e. The summed E-state index contributed by atoms with van der Waals surface area (Å²) < 4.78 is 43.7. The van der Waals surface area contributed by atoms with Gasteiger partial charge >= 0.3 is 23.8 Å². The zero-order valence-corrected chi connectivity index (χ0v) is 17.7. The van der Waals surface area contributed by atoms with E-state index in [0.717, 1.165) is 12.8 Å². The van der Waals surface area contributed by atoms with Crippen molar-refractivity contribution in [2.75, 3.05) is 0 Å². The van der Waals surface area contributed by atoms with Gasteiger partial charge in [0.25, 0.3) is 0 Å². The second-order valence-electron chi connectivity index (χ2n) is 11.2. The van der Waals surface area contributed by atoms with E-state index >= 15 is 0 Å². The number of carbonyl (C=O) groups excluding carboxylic acids is 3. The van der Waals surface area contributed by atoms with E-state index in [1.165, 1.54) is 19.3 Å². The molecule has 1 heterocycles. The normalized spacial score (nSPS) is 51.2. The minimum Gasteiger partial charge on any atom is -0.459 e. The molecule has 0 aromatic heterocycles. The molecule has 170 valence electrons. The van der Waals surface area contributed by atoms with Crippen LogP contribution in [0.3, 0.4) is 0 Å². The molecule has 0 amide bonds. The summed E-state index contributed by atoms with van der Waals surface area (Å²) >= 11 is 0. The summed E-state index contributed by atoms with van der Waals surface area (Å²) in [5.74, 6) is -6.43. The molecule has 9 atom stereocenters. The zero-order valence-electron chi connectivity index (χ0n) is 17.7. The van der Waals surface area contributed by atoms with Gasteiger partial charge in [-0.3, -0.25) is 9.59 Å². The van der Waals surface area contributed by atoms with Crippen LogP contribution in [-0.4, -0.2) is 41.6 Å². The Morgan fingerprint density at radius 2 is 1.77 bits per heavy atom. The standard InChI is InChI=1S/C23H28F2O6/c1-9-12-4-10-3-11(5-12)8-23(9,7-10)31-20(27)16-14-6-13-15(16)19(26)29-17(13)18(14)30-21(28)22(2,24)25/h9-18H,3-8H2,1-2H3. The molecule has 0 radical (unpaired) electrons. The van der Waals surface area contributed by atoms with Gasteiger partial charge in [0, 0.05) is 18.8 Å². The number of ether oxygens (including phenoxy) is 3. The van der Waals surface area contributed by atoms with Crippen molar-refractivity contribution in [1.29, 1.82) is 0 Å². The predicted octanol–water partition coefficient (Wildman–Crippen LogP) is 3.12. The van der Waals surface area contributed by atoms with Crippen molar-refractivity contribution in [3.63, 3.8) is 0 Å². The Balaban J connectivity index is 1.25. The number of rotatable bonds is 4. The van der Waals surface area contributed by atoms with E-state index < -0.39 is 59.4 Å². The van der Waals surface area contributed by atoms with E-state index in [4.69, 9.17) is 14.2 Å². The van der Waals surface area contributed by atoms with Crippen LogP contribution in [0.4, 0.5) is 8.78 Å². The molecule has 6 nitrogen and oxygen atoms in total. The molecule has 6 bridgehead atoms.